The minimum Gasteiger partial charge on any atom is -0.303 e. The van der Waals surface area contributed by atoms with Crippen LogP contribution in [-0.2, 0) is 4.79 Å². The maximum Gasteiger partial charge on any atom is 0.120 e. The molecule has 37 heavy (non-hydrogen) atoms. The van der Waals surface area contributed by atoms with Gasteiger partial charge in [-0.3, -0.25) is 0 Å². The van der Waals surface area contributed by atoms with Gasteiger partial charge in [-0.1, -0.05) is 213 Å². The summed E-state index contributed by atoms with van der Waals surface area (Å²) in [5.74, 6) is 0.664. The van der Waals surface area contributed by atoms with Crippen LogP contribution in [0.2, 0.25) is 0 Å². The summed E-state index contributed by atoms with van der Waals surface area (Å²) in [5, 5.41) is 0. The maximum absolute atomic E-state index is 11.1. The molecule has 0 aliphatic carbocycles. The standard InChI is InChI=1S/C36H72O/c1-3-5-7-9-11-13-15-17-19-21-23-25-27-29-31-33-36(34-35-37)32-30-28-26-24-22-20-18-16-14-12-10-8-6-4-2/h35-36H,3-34H2,1-2H3. The first-order chi connectivity index (χ1) is 18.3. The van der Waals surface area contributed by atoms with Gasteiger partial charge in [-0.15, -0.1) is 0 Å². The number of carbonyl (C=O) groups excluding carboxylic acids is 1. The van der Waals surface area contributed by atoms with Gasteiger partial charge in [0.1, 0.15) is 6.29 Å². The van der Waals surface area contributed by atoms with E-state index in [2.05, 4.69) is 13.8 Å². The highest BCUT2D eigenvalue weighted by Crippen LogP contribution is 2.22. The van der Waals surface area contributed by atoms with Crippen molar-refractivity contribution >= 4 is 6.29 Å². The van der Waals surface area contributed by atoms with Gasteiger partial charge in [-0.05, 0) is 5.92 Å². The zero-order valence-corrected chi connectivity index (χ0v) is 26.2. The second kappa shape index (κ2) is 33.7. The summed E-state index contributed by atoms with van der Waals surface area (Å²) in [6.45, 7) is 4.60. The molecule has 0 saturated carbocycles. The van der Waals surface area contributed by atoms with E-state index in [0.717, 1.165) is 6.42 Å². The average molecular weight is 521 g/mol. The van der Waals surface area contributed by atoms with Gasteiger partial charge >= 0.3 is 0 Å². The van der Waals surface area contributed by atoms with Crippen LogP contribution in [0.1, 0.15) is 219 Å². The van der Waals surface area contributed by atoms with Crippen molar-refractivity contribution in [3.05, 3.63) is 0 Å². The van der Waals surface area contributed by atoms with Crippen LogP contribution in [0, 0.1) is 5.92 Å². The summed E-state index contributed by atoms with van der Waals surface area (Å²) in [4.78, 5) is 11.1. The first-order valence-electron chi connectivity index (χ1n) is 17.8. The minimum atomic E-state index is 0.664. The van der Waals surface area contributed by atoms with Crippen LogP contribution in [0.4, 0.5) is 0 Å². The van der Waals surface area contributed by atoms with E-state index in [0.29, 0.717) is 5.92 Å². The third-order valence-corrected chi connectivity index (χ3v) is 8.61. The quantitative estimate of drug-likeness (QED) is 0.0621. The van der Waals surface area contributed by atoms with Crippen LogP contribution < -0.4 is 0 Å². The lowest BCUT2D eigenvalue weighted by atomic mass is 9.92. The molecule has 0 aliphatic heterocycles. The topological polar surface area (TPSA) is 17.1 Å². The van der Waals surface area contributed by atoms with E-state index in [1.165, 1.54) is 205 Å². The van der Waals surface area contributed by atoms with Crippen molar-refractivity contribution < 1.29 is 4.79 Å². The Bertz CT molecular complexity index is 403. The molecule has 0 rings (SSSR count). The summed E-state index contributed by atoms with van der Waals surface area (Å²) in [6.07, 6.45) is 46.0. The molecule has 0 aromatic carbocycles. The highest BCUT2D eigenvalue weighted by atomic mass is 16.1. The van der Waals surface area contributed by atoms with Crippen molar-refractivity contribution in [2.75, 3.05) is 0 Å². The van der Waals surface area contributed by atoms with Gasteiger partial charge in [0.05, 0.1) is 0 Å². The Balaban J connectivity index is 3.37. The normalized spacial score (nSPS) is 12.3. The number of unbranched alkanes of at least 4 members (excludes halogenated alkanes) is 27. The predicted molar refractivity (Wildman–Crippen MR) is 169 cm³/mol. The van der Waals surface area contributed by atoms with Gasteiger partial charge in [-0.25, -0.2) is 0 Å². The number of rotatable bonds is 33. The van der Waals surface area contributed by atoms with E-state index in [9.17, 15) is 4.79 Å². The molecule has 0 saturated heterocycles. The molecule has 0 radical (unpaired) electrons. The fourth-order valence-corrected chi connectivity index (χ4v) is 5.95. The van der Waals surface area contributed by atoms with Gasteiger partial charge < -0.3 is 4.79 Å². The number of hydrogen-bond acceptors (Lipinski definition) is 1. The van der Waals surface area contributed by atoms with Crippen LogP contribution in [-0.4, -0.2) is 6.29 Å². The Kier molecular flexibility index (Phi) is 33.4. The first kappa shape index (κ1) is 36.7. The second-order valence-corrected chi connectivity index (χ2v) is 12.4. The van der Waals surface area contributed by atoms with Gasteiger partial charge in [0.25, 0.3) is 0 Å². The van der Waals surface area contributed by atoms with Gasteiger partial charge in [-0.2, -0.15) is 0 Å². The Morgan fingerprint density at radius 3 is 0.784 bits per heavy atom. The lowest BCUT2D eigenvalue weighted by Gasteiger charge is -2.14. The molecule has 1 heteroatoms. The molecule has 0 heterocycles. The Morgan fingerprint density at radius 2 is 0.568 bits per heavy atom. The molecule has 0 aromatic heterocycles. The highest BCUT2D eigenvalue weighted by Gasteiger charge is 2.08. The van der Waals surface area contributed by atoms with Crippen molar-refractivity contribution in [2.45, 2.75) is 219 Å². The average Bonchev–Trinajstić information content (AvgIpc) is 2.91. The van der Waals surface area contributed by atoms with Crippen molar-refractivity contribution in [2.24, 2.45) is 5.92 Å². The third-order valence-electron chi connectivity index (χ3n) is 8.61. The SMILES string of the molecule is CCCCCCCCCCCCCCCCCC(CC=O)CCCCCCCCCCCCCCCC. The lowest BCUT2D eigenvalue weighted by molar-refractivity contribution is -0.108. The van der Waals surface area contributed by atoms with Crippen molar-refractivity contribution in [1.29, 1.82) is 0 Å². The molecular weight excluding hydrogens is 448 g/mol. The molecule has 1 nitrogen and oxygen atoms in total. The van der Waals surface area contributed by atoms with E-state index in [4.69, 9.17) is 0 Å². The van der Waals surface area contributed by atoms with Crippen molar-refractivity contribution in [1.82, 2.24) is 0 Å². The molecule has 1 atom stereocenters. The monoisotopic (exact) mass is 521 g/mol. The number of hydrogen-bond donors (Lipinski definition) is 0. The summed E-state index contributed by atoms with van der Waals surface area (Å²) >= 11 is 0. The summed E-state index contributed by atoms with van der Waals surface area (Å²) in [5.41, 5.74) is 0. The Morgan fingerprint density at radius 1 is 0.351 bits per heavy atom. The zero-order valence-electron chi connectivity index (χ0n) is 26.2. The van der Waals surface area contributed by atoms with Crippen molar-refractivity contribution in [3.63, 3.8) is 0 Å². The molecule has 0 aromatic rings. The summed E-state index contributed by atoms with van der Waals surface area (Å²) < 4.78 is 0. The van der Waals surface area contributed by atoms with E-state index in [-0.39, 0.29) is 0 Å². The lowest BCUT2D eigenvalue weighted by Crippen LogP contribution is -2.02. The van der Waals surface area contributed by atoms with E-state index in [1.54, 1.807) is 0 Å². The fraction of sp³-hybridized carbons (Fsp3) is 0.972. The maximum atomic E-state index is 11.1. The van der Waals surface area contributed by atoms with Gasteiger partial charge in [0.2, 0.25) is 0 Å². The zero-order chi connectivity index (χ0) is 26.9. The van der Waals surface area contributed by atoms with E-state index < -0.39 is 0 Å². The second-order valence-electron chi connectivity index (χ2n) is 12.4. The third kappa shape index (κ3) is 31.8. The van der Waals surface area contributed by atoms with Crippen LogP contribution in [0.3, 0.4) is 0 Å². The van der Waals surface area contributed by atoms with Crippen LogP contribution in [0.15, 0.2) is 0 Å². The number of aldehydes is 1. The fourth-order valence-electron chi connectivity index (χ4n) is 5.95. The first-order valence-corrected chi connectivity index (χ1v) is 17.8. The molecule has 0 spiro atoms. The van der Waals surface area contributed by atoms with E-state index >= 15 is 0 Å². The van der Waals surface area contributed by atoms with Crippen LogP contribution in [0.5, 0.6) is 0 Å². The molecule has 0 fully saturated rings. The molecule has 0 bridgehead atoms. The largest absolute Gasteiger partial charge is 0.303 e. The van der Waals surface area contributed by atoms with Gasteiger partial charge in [0, 0.05) is 6.42 Å². The smallest absolute Gasteiger partial charge is 0.120 e. The Labute approximate surface area is 236 Å². The summed E-state index contributed by atoms with van der Waals surface area (Å²) in [6, 6.07) is 0. The van der Waals surface area contributed by atoms with Gasteiger partial charge in [0.15, 0.2) is 0 Å². The van der Waals surface area contributed by atoms with Crippen molar-refractivity contribution in [3.8, 4) is 0 Å². The molecule has 1 unspecified atom stereocenters. The summed E-state index contributed by atoms with van der Waals surface area (Å²) in [7, 11) is 0. The van der Waals surface area contributed by atoms with Crippen LogP contribution in [0.25, 0.3) is 0 Å². The Hall–Kier alpha value is -0.330. The molecule has 0 aliphatic rings. The highest BCUT2D eigenvalue weighted by molar-refractivity contribution is 5.49. The van der Waals surface area contributed by atoms with E-state index in [1.807, 2.05) is 0 Å². The van der Waals surface area contributed by atoms with Crippen LogP contribution >= 0.6 is 0 Å². The predicted octanol–water partition coefficient (Wildman–Crippen LogP) is 13.3. The molecular formula is C36H72O. The molecule has 222 valence electrons. The minimum absolute atomic E-state index is 0.664. The number of carbonyl (C=O) groups is 1. The molecule has 0 N–H and O–H groups in total. The molecule has 0 amide bonds.